The van der Waals surface area contributed by atoms with Crippen molar-refractivity contribution in [3.63, 3.8) is 0 Å². The molecule has 0 radical (unpaired) electrons. The van der Waals surface area contributed by atoms with E-state index in [1.54, 1.807) is 12.4 Å². The quantitative estimate of drug-likeness (QED) is 0.311. The van der Waals surface area contributed by atoms with Gasteiger partial charge in [0.25, 0.3) is 0 Å². The summed E-state index contributed by atoms with van der Waals surface area (Å²) >= 11 is 0. The van der Waals surface area contributed by atoms with Crippen molar-refractivity contribution in [1.29, 1.82) is 0 Å². The smallest absolute Gasteiger partial charge is 0.358 e. The first kappa shape index (κ1) is 11.6. The Balaban J connectivity index is 0. The van der Waals surface area contributed by atoms with Gasteiger partial charge in [0.2, 0.25) is 0 Å². The van der Waals surface area contributed by atoms with E-state index in [4.69, 9.17) is 0 Å². The SMILES string of the molecule is [CH3-].[K+].c1ccncc1. The van der Waals surface area contributed by atoms with Crippen LogP contribution in [0.1, 0.15) is 0 Å². The van der Waals surface area contributed by atoms with Crippen LogP contribution in [0.5, 0.6) is 0 Å². The molecule has 0 aliphatic heterocycles. The predicted octanol–water partition coefficient (Wildman–Crippen LogP) is -1.46. The van der Waals surface area contributed by atoms with E-state index < -0.39 is 0 Å². The first-order valence-electron chi connectivity index (χ1n) is 1.85. The van der Waals surface area contributed by atoms with Crippen LogP contribution in [0.15, 0.2) is 30.6 Å². The molecule has 8 heavy (non-hydrogen) atoms. The summed E-state index contributed by atoms with van der Waals surface area (Å²) in [6.07, 6.45) is 3.50. The third kappa shape index (κ3) is 4.93. The van der Waals surface area contributed by atoms with Crippen LogP contribution in [0.3, 0.4) is 0 Å². The third-order valence-electron chi connectivity index (χ3n) is 0.566. The molecule has 1 nitrogen and oxygen atoms in total. The van der Waals surface area contributed by atoms with E-state index >= 15 is 0 Å². The van der Waals surface area contributed by atoms with Gasteiger partial charge < -0.3 is 7.43 Å². The number of rotatable bonds is 0. The molecule has 0 spiro atoms. The van der Waals surface area contributed by atoms with Crippen molar-refractivity contribution in [2.45, 2.75) is 0 Å². The molecule has 1 aromatic heterocycles. The van der Waals surface area contributed by atoms with Gasteiger partial charge in [0.15, 0.2) is 0 Å². The van der Waals surface area contributed by atoms with Gasteiger partial charge in [-0.2, -0.15) is 0 Å². The van der Waals surface area contributed by atoms with Gasteiger partial charge in [-0.15, -0.1) is 0 Å². The molecule has 0 bridgehead atoms. The van der Waals surface area contributed by atoms with Gasteiger partial charge in [0.1, 0.15) is 0 Å². The summed E-state index contributed by atoms with van der Waals surface area (Å²) in [4.78, 5) is 3.78. The minimum Gasteiger partial charge on any atom is -0.358 e. The Hall–Kier alpha value is 0.786. The van der Waals surface area contributed by atoms with Gasteiger partial charge >= 0.3 is 51.4 Å². The predicted molar refractivity (Wildman–Crippen MR) is 30.7 cm³/mol. The molecule has 0 aliphatic rings. The minimum absolute atomic E-state index is 0. The molecule has 0 unspecified atom stereocenters. The monoisotopic (exact) mass is 133 g/mol. The van der Waals surface area contributed by atoms with Crippen molar-refractivity contribution in [3.8, 4) is 0 Å². The van der Waals surface area contributed by atoms with Crippen LogP contribution in [0.2, 0.25) is 0 Å². The molecular weight excluding hydrogens is 125 g/mol. The van der Waals surface area contributed by atoms with Crippen LogP contribution in [-0.2, 0) is 0 Å². The van der Waals surface area contributed by atoms with Crippen LogP contribution < -0.4 is 51.4 Å². The second-order valence-corrected chi connectivity index (χ2v) is 1.02. The second kappa shape index (κ2) is 7.79. The summed E-state index contributed by atoms with van der Waals surface area (Å²) in [5.74, 6) is 0. The average Bonchev–Trinajstić information content (AvgIpc) is 1.72. The van der Waals surface area contributed by atoms with E-state index in [1.807, 2.05) is 18.2 Å². The molecule has 0 saturated heterocycles. The van der Waals surface area contributed by atoms with E-state index in [-0.39, 0.29) is 58.8 Å². The van der Waals surface area contributed by atoms with Gasteiger partial charge in [-0.1, -0.05) is 6.07 Å². The van der Waals surface area contributed by atoms with E-state index in [2.05, 4.69) is 4.98 Å². The van der Waals surface area contributed by atoms with Crippen molar-refractivity contribution in [2.24, 2.45) is 0 Å². The Morgan fingerprint density at radius 3 is 1.50 bits per heavy atom. The van der Waals surface area contributed by atoms with Crippen LogP contribution in [0.25, 0.3) is 0 Å². The molecule has 0 aliphatic carbocycles. The maximum absolute atomic E-state index is 3.78. The first-order chi connectivity index (χ1) is 3.00. The molecule has 0 atom stereocenters. The van der Waals surface area contributed by atoms with Gasteiger partial charge in [0, 0.05) is 12.4 Å². The van der Waals surface area contributed by atoms with Crippen molar-refractivity contribution in [2.75, 3.05) is 0 Å². The number of hydrogen-bond acceptors (Lipinski definition) is 1. The molecule has 0 saturated carbocycles. The van der Waals surface area contributed by atoms with Crippen molar-refractivity contribution in [3.05, 3.63) is 38.0 Å². The van der Waals surface area contributed by atoms with E-state index in [1.165, 1.54) is 0 Å². The molecule has 0 N–H and O–H groups in total. The normalized spacial score (nSPS) is 6.00. The standard InChI is InChI=1S/C5H5N.CH3.K/c1-2-4-6-5-3-1;;/h1-5H;1H3;/q;-1;+1. The van der Waals surface area contributed by atoms with Gasteiger partial charge in [0.05, 0.1) is 0 Å². The van der Waals surface area contributed by atoms with E-state index in [0.29, 0.717) is 0 Å². The summed E-state index contributed by atoms with van der Waals surface area (Å²) in [5, 5.41) is 0. The van der Waals surface area contributed by atoms with Crippen molar-refractivity contribution < 1.29 is 51.4 Å². The van der Waals surface area contributed by atoms with Crippen LogP contribution in [0.4, 0.5) is 0 Å². The number of hydrogen-bond donors (Lipinski definition) is 0. The third-order valence-corrected chi connectivity index (χ3v) is 0.566. The Labute approximate surface area is 92.9 Å². The molecular formula is C6H8KN. The van der Waals surface area contributed by atoms with Gasteiger partial charge in [-0.05, 0) is 12.1 Å². The Morgan fingerprint density at radius 2 is 1.38 bits per heavy atom. The van der Waals surface area contributed by atoms with Crippen LogP contribution in [0, 0.1) is 7.43 Å². The van der Waals surface area contributed by atoms with Crippen LogP contribution >= 0.6 is 0 Å². The van der Waals surface area contributed by atoms with Gasteiger partial charge in [-0.3, -0.25) is 4.98 Å². The molecule has 2 heteroatoms. The van der Waals surface area contributed by atoms with Crippen molar-refractivity contribution >= 4 is 0 Å². The Morgan fingerprint density at radius 1 is 0.875 bits per heavy atom. The minimum atomic E-state index is 0. The molecule has 0 fully saturated rings. The largest absolute Gasteiger partial charge is 1.00 e. The van der Waals surface area contributed by atoms with E-state index in [0.717, 1.165) is 0 Å². The molecule has 38 valence electrons. The summed E-state index contributed by atoms with van der Waals surface area (Å²) in [6, 6.07) is 5.72. The topological polar surface area (TPSA) is 12.9 Å². The van der Waals surface area contributed by atoms with E-state index in [9.17, 15) is 0 Å². The fraction of sp³-hybridized carbons (Fsp3) is 0. The summed E-state index contributed by atoms with van der Waals surface area (Å²) < 4.78 is 0. The zero-order valence-corrected chi connectivity index (χ0v) is 8.46. The Bertz CT molecular complexity index is 80.5. The number of aromatic nitrogens is 1. The zero-order valence-electron chi connectivity index (χ0n) is 5.33. The molecule has 0 amide bonds. The fourth-order valence-electron chi connectivity index (χ4n) is 0.313. The number of nitrogens with zero attached hydrogens (tertiary/aromatic N) is 1. The molecule has 1 aromatic rings. The Kier molecular flexibility index (Phi) is 11.3. The fourth-order valence-corrected chi connectivity index (χ4v) is 0.313. The van der Waals surface area contributed by atoms with Crippen molar-refractivity contribution in [1.82, 2.24) is 4.98 Å². The maximum Gasteiger partial charge on any atom is 1.00 e. The molecule has 1 rings (SSSR count). The summed E-state index contributed by atoms with van der Waals surface area (Å²) in [5.41, 5.74) is 0. The molecule has 1 heterocycles. The number of pyridine rings is 1. The van der Waals surface area contributed by atoms with Crippen LogP contribution in [-0.4, -0.2) is 4.98 Å². The maximum atomic E-state index is 3.78. The average molecular weight is 133 g/mol. The molecule has 0 aromatic carbocycles. The zero-order chi connectivity index (χ0) is 4.24. The van der Waals surface area contributed by atoms with Gasteiger partial charge in [-0.25, -0.2) is 0 Å². The summed E-state index contributed by atoms with van der Waals surface area (Å²) in [7, 11) is 0. The first-order valence-corrected chi connectivity index (χ1v) is 1.85. The summed E-state index contributed by atoms with van der Waals surface area (Å²) in [6.45, 7) is 0. The second-order valence-electron chi connectivity index (χ2n) is 1.02.